The topological polar surface area (TPSA) is 102 Å². The van der Waals surface area contributed by atoms with Crippen LogP contribution in [0.4, 0.5) is 5.69 Å². The molecular weight excluding hydrogens is 420 g/mol. The Hall–Kier alpha value is -3.01. The number of benzene rings is 2. The van der Waals surface area contributed by atoms with E-state index in [1.165, 1.54) is 36.6 Å². The van der Waals surface area contributed by atoms with Gasteiger partial charge in [-0.05, 0) is 55.0 Å². The smallest absolute Gasteiger partial charge is 0.248 e. The first-order valence-corrected chi connectivity index (χ1v) is 11.1. The molecular formula is C22H24N2O6S. The quantitative estimate of drug-likeness (QED) is 0.520. The third kappa shape index (κ3) is 5.57. The maximum absolute atomic E-state index is 13.0. The van der Waals surface area contributed by atoms with Gasteiger partial charge in [0.15, 0.2) is 5.78 Å². The van der Waals surface area contributed by atoms with Gasteiger partial charge in [0, 0.05) is 30.4 Å². The number of carbonyl (C=O) groups excluding carboxylic acids is 2. The second-order valence-corrected chi connectivity index (χ2v) is 8.79. The molecule has 164 valence electrons. The summed E-state index contributed by atoms with van der Waals surface area (Å²) in [5, 5.41) is 2.70. The van der Waals surface area contributed by atoms with Gasteiger partial charge in [0.05, 0.1) is 20.3 Å². The predicted molar refractivity (Wildman–Crippen MR) is 117 cm³/mol. The normalized spacial score (nSPS) is 15.0. The van der Waals surface area contributed by atoms with Gasteiger partial charge in [0.2, 0.25) is 15.9 Å². The number of methoxy groups -OCH3 is 1. The van der Waals surface area contributed by atoms with Crippen molar-refractivity contribution in [3.63, 3.8) is 0 Å². The number of hydrogen-bond donors (Lipinski definition) is 1. The number of nitrogens with one attached hydrogen (secondary N) is 1. The van der Waals surface area contributed by atoms with Crippen LogP contribution in [0, 0.1) is 0 Å². The van der Waals surface area contributed by atoms with E-state index in [0.717, 1.165) is 0 Å². The van der Waals surface area contributed by atoms with E-state index in [0.29, 0.717) is 30.0 Å². The van der Waals surface area contributed by atoms with Gasteiger partial charge in [0.1, 0.15) is 10.6 Å². The van der Waals surface area contributed by atoms with Crippen molar-refractivity contribution in [2.24, 2.45) is 0 Å². The molecule has 0 aromatic heterocycles. The summed E-state index contributed by atoms with van der Waals surface area (Å²) >= 11 is 0. The number of morpholine rings is 1. The Balaban J connectivity index is 1.76. The highest BCUT2D eigenvalue weighted by Crippen LogP contribution is 2.28. The highest BCUT2D eigenvalue weighted by molar-refractivity contribution is 7.89. The van der Waals surface area contributed by atoms with Crippen LogP contribution >= 0.6 is 0 Å². The van der Waals surface area contributed by atoms with Gasteiger partial charge >= 0.3 is 0 Å². The largest absolute Gasteiger partial charge is 0.495 e. The lowest BCUT2D eigenvalue weighted by Crippen LogP contribution is -2.40. The molecule has 1 aliphatic rings. The molecule has 2 aromatic carbocycles. The van der Waals surface area contributed by atoms with Gasteiger partial charge in [-0.15, -0.1) is 0 Å². The third-order valence-electron chi connectivity index (χ3n) is 4.76. The molecule has 0 atom stereocenters. The van der Waals surface area contributed by atoms with Crippen molar-refractivity contribution < 1.29 is 27.5 Å². The van der Waals surface area contributed by atoms with Gasteiger partial charge in [-0.2, -0.15) is 4.31 Å². The summed E-state index contributed by atoms with van der Waals surface area (Å²) in [5.74, 6) is -0.206. The maximum Gasteiger partial charge on any atom is 0.248 e. The summed E-state index contributed by atoms with van der Waals surface area (Å²) in [6.45, 7) is 2.70. The fraction of sp³-hybridized carbons (Fsp3) is 0.273. The molecule has 1 amide bonds. The minimum absolute atomic E-state index is 0.0410. The van der Waals surface area contributed by atoms with E-state index in [9.17, 15) is 18.0 Å². The molecule has 0 radical (unpaired) electrons. The summed E-state index contributed by atoms with van der Waals surface area (Å²) in [5.41, 5.74) is 1.64. The molecule has 0 spiro atoms. The Morgan fingerprint density at radius 2 is 1.77 bits per heavy atom. The van der Waals surface area contributed by atoms with E-state index in [2.05, 4.69) is 5.32 Å². The molecule has 3 rings (SSSR count). The number of ketones is 1. The van der Waals surface area contributed by atoms with Crippen molar-refractivity contribution in [2.75, 3.05) is 38.7 Å². The lowest BCUT2D eigenvalue weighted by atomic mass is 10.1. The zero-order valence-electron chi connectivity index (χ0n) is 17.3. The van der Waals surface area contributed by atoms with E-state index in [1.54, 1.807) is 36.4 Å². The van der Waals surface area contributed by atoms with Crippen LogP contribution in [0.5, 0.6) is 5.75 Å². The first-order valence-electron chi connectivity index (χ1n) is 9.67. The average molecular weight is 445 g/mol. The summed E-state index contributed by atoms with van der Waals surface area (Å²) in [4.78, 5) is 23.6. The van der Waals surface area contributed by atoms with E-state index in [-0.39, 0.29) is 35.4 Å². The lowest BCUT2D eigenvalue weighted by Gasteiger charge is -2.26. The molecule has 1 N–H and O–H groups in total. The molecule has 1 aliphatic heterocycles. The number of sulfonamides is 1. The van der Waals surface area contributed by atoms with E-state index >= 15 is 0 Å². The average Bonchev–Trinajstić information content (AvgIpc) is 2.78. The van der Waals surface area contributed by atoms with Crippen LogP contribution in [-0.4, -0.2) is 57.8 Å². The summed E-state index contributed by atoms with van der Waals surface area (Å²) in [6, 6.07) is 11.3. The second-order valence-electron chi connectivity index (χ2n) is 6.88. The SMILES string of the molecule is COc1ccc(/C=C/C(=O)Nc2ccc(C(C)=O)cc2)cc1S(=O)(=O)N1CCOCC1. The molecule has 0 unspecified atom stereocenters. The van der Waals surface area contributed by atoms with Crippen LogP contribution in [0.15, 0.2) is 53.4 Å². The molecule has 1 fully saturated rings. The van der Waals surface area contributed by atoms with E-state index < -0.39 is 10.0 Å². The summed E-state index contributed by atoms with van der Waals surface area (Å²) in [6.07, 6.45) is 2.84. The minimum atomic E-state index is -3.76. The van der Waals surface area contributed by atoms with E-state index in [4.69, 9.17) is 9.47 Å². The monoisotopic (exact) mass is 444 g/mol. The number of hydrogen-bond acceptors (Lipinski definition) is 6. The predicted octanol–water partition coefficient (Wildman–Crippen LogP) is 2.57. The van der Waals surface area contributed by atoms with Crippen LogP contribution < -0.4 is 10.1 Å². The highest BCUT2D eigenvalue weighted by atomic mass is 32.2. The molecule has 1 saturated heterocycles. The zero-order chi connectivity index (χ0) is 22.4. The Morgan fingerprint density at radius 3 is 2.39 bits per heavy atom. The number of anilines is 1. The number of Topliss-reactive ketones (excluding diaryl/α,β-unsaturated/α-hetero) is 1. The van der Waals surface area contributed by atoms with Crippen molar-refractivity contribution in [1.29, 1.82) is 0 Å². The van der Waals surface area contributed by atoms with Gasteiger partial charge < -0.3 is 14.8 Å². The van der Waals surface area contributed by atoms with Crippen molar-refractivity contribution in [3.05, 3.63) is 59.7 Å². The molecule has 1 heterocycles. The van der Waals surface area contributed by atoms with Crippen molar-refractivity contribution in [1.82, 2.24) is 4.31 Å². The standard InChI is InChI=1S/C22H24N2O6S/c1-16(25)18-5-7-19(8-6-18)23-22(26)10-4-17-3-9-20(29-2)21(15-17)31(27,28)24-11-13-30-14-12-24/h3-10,15H,11-14H2,1-2H3,(H,23,26)/b10-4+. The minimum Gasteiger partial charge on any atom is -0.495 e. The van der Waals surface area contributed by atoms with Crippen LogP contribution in [0.3, 0.4) is 0 Å². The van der Waals surface area contributed by atoms with Gasteiger partial charge in [-0.3, -0.25) is 9.59 Å². The second kappa shape index (κ2) is 9.86. The molecule has 9 heteroatoms. The molecule has 31 heavy (non-hydrogen) atoms. The Labute approximate surface area is 181 Å². The van der Waals surface area contributed by atoms with Crippen molar-refractivity contribution >= 4 is 33.5 Å². The fourth-order valence-corrected chi connectivity index (χ4v) is 4.67. The first-order chi connectivity index (χ1) is 14.8. The third-order valence-corrected chi connectivity index (χ3v) is 6.68. The Bertz CT molecular complexity index is 1090. The van der Waals surface area contributed by atoms with Crippen LogP contribution in [0.1, 0.15) is 22.8 Å². The van der Waals surface area contributed by atoms with Gasteiger partial charge in [-0.1, -0.05) is 6.07 Å². The van der Waals surface area contributed by atoms with Crippen LogP contribution in [0.2, 0.25) is 0 Å². The number of nitrogens with zero attached hydrogens (tertiary/aromatic N) is 1. The van der Waals surface area contributed by atoms with Crippen LogP contribution in [0.25, 0.3) is 6.08 Å². The highest BCUT2D eigenvalue weighted by Gasteiger charge is 2.29. The van der Waals surface area contributed by atoms with E-state index in [1.807, 2.05) is 0 Å². The number of rotatable bonds is 7. The molecule has 2 aromatic rings. The first kappa shape index (κ1) is 22.7. The molecule has 0 bridgehead atoms. The Kier molecular flexibility index (Phi) is 7.21. The van der Waals surface area contributed by atoms with Crippen molar-refractivity contribution in [3.8, 4) is 5.75 Å². The summed E-state index contributed by atoms with van der Waals surface area (Å²) in [7, 11) is -2.35. The lowest BCUT2D eigenvalue weighted by molar-refractivity contribution is -0.111. The number of amides is 1. The zero-order valence-corrected chi connectivity index (χ0v) is 18.1. The Morgan fingerprint density at radius 1 is 1.10 bits per heavy atom. The number of carbonyl (C=O) groups is 2. The fourth-order valence-electron chi connectivity index (χ4n) is 3.07. The number of ether oxygens (including phenoxy) is 2. The summed E-state index contributed by atoms with van der Waals surface area (Å²) < 4.78 is 37.9. The molecule has 0 saturated carbocycles. The van der Waals surface area contributed by atoms with Gasteiger partial charge in [-0.25, -0.2) is 8.42 Å². The maximum atomic E-state index is 13.0. The molecule has 8 nitrogen and oxygen atoms in total. The van der Waals surface area contributed by atoms with Crippen molar-refractivity contribution in [2.45, 2.75) is 11.8 Å². The molecule has 0 aliphatic carbocycles. The van der Waals surface area contributed by atoms with Crippen LogP contribution in [-0.2, 0) is 19.6 Å². The van der Waals surface area contributed by atoms with Gasteiger partial charge in [0.25, 0.3) is 0 Å².